The predicted octanol–water partition coefficient (Wildman–Crippen LogP) is 2.02. The largest absolute Gasteiger partial charge is 0.337 e. The van der Waals surface area contributed by atoms with Gasteiger partial charge in [0.2, 0.25) is 0 Å². The summed E-state index contributed by atoms with van der Waals surface area (Å²) in [5.74, 6) is -0.262. The van der Waals surface area contributed by atoms with Gasteiger partial charge in [0.15, 0.2) is 0 Å². The van der Waals surface area contributed by atoms with E-state index in [2.05, 4.69) is 4.98 Å². The number of aromatic amines is 1. The Bertz CT molecular complexity index is 602. The summed E-state index contributed by atoms with van der Waals surface area (Å²) in [6.45, 7) is 2.29. The van der Waals surface area contributed by atoms with Crippen LogP contribution in [0.4, 0.5) is 0 Å². The Kier molecular flexibility index (Phi) is 3.62. The first-order valence-electron chi connectivity index (χ1n) is 5.54. The second kappa shape index (κ2) is 5.18. The van der Waals surface area contributed by atoms with E-state index < -0.39 is 0 Å². The van der Waals surface area contributed by atoms with Gasteiger partial charge >= 0.3 is 0 Å². The summed E-state index contributed by atoms with van der Waals surface area (Å²) < 4.78 is 0. The van der Waals surface area contributed by atoms with Crippen molar-refractivity contribution in [3.05, 3.63) is 56.1 Å². The number of pyridine rings is 1. The third-order valence-corrected chi connectivity index (χ3v) is 3.36. The fourth-order valence-corrected chi connectivity index (χ4v) is 2.33. The zero-order valence-corrected chi connectivity index (χ0v) is 11.1. The van der Waals surface area contributed by atoms with Crippen LogP contribution < -0.4 is 5.56 Å². The Morgan fingerprint density at radius 1 is 1.39 bits per heavy atom. The molecule has 2 heterocycles. The van der Waals surface area contributed by atoms with Crippen LogP contribution in [0.5, 0.6) is 0 Å². The molecule has 0 aliphatic rings. The molecule has 0 bridgehead atoms. The third-order valence-electron chi connectivity index (χ3n) is 2.63. The fourth-order valence-electron chi connectivity index (χ4n) is 1.67. The van der Waals surface area contributed by atoms with E-state index in [9.17, 15) is 9.59 Å². The van der Waals surface area contributed by atoms with Crippen LogP contribution in [0.15, 0.2) is 33.8 Å². The molecule has 0 unspecified atom stereocenters. The summed E-state index contributed by atoms with van der Waals surface area (Å²) in [5.41, 5.74) is 1.66. The minimum Gasteiger partial charge on any atom is -0.337 e. The number of hydrogen-bond acceptors (Lipinski definition) is 3. The van der Waals surface area contributed by atoms with Gasteiger partial charge in [-0.25, -0.2) is 0 Å². The van der Waals surface area contributed by atoms with E-state index >= 15 is 0 Å². The summed E-state index contributed by atoms with van der Waals surface area (Å²) in [4.78, 5) is 28.0. The molecular weight excluding hydrogens is 248 g/mol. The Labute approximate surface area is 109 Å². The van der Waals surface area contributed by atoms with Gasteiger partial charge in [0.05, 0.1) is 0 Å². The Balaban J connectivity index is 2.18. The number of nitrogens with zero attached hydrogens (tertiary/aromatic N) is 1. The number of nitrogens with one attached hydrogen (secondary N) is 1. The second-order valence-corrected chi connectivity index (χ2v) is 4.96. The molecule has 0 aliphatic heterocycles. The molecule has 0 saturated heterocycles. The van der Waals surface area contributed by atoms with Gasteiger partial charge in [0.1, 0.15) is 5.56 Å². The van der Waals surface area contributed by atoms with Crippen LogP contribution in [0.25, 0.3) is 0 Å². The second-order valence-electron chi connectivity index (χ2n) is 4.18. The summed E-state index contributed by atoms with van der Waals surface area (Å²) >= 11 is 1.59. The SMILES string of the molecule is Cc1ccc(C(=O)N(C)Cc2ccsc2)c(=O)[nH]1. The molecule has 2 aromatic rings. The van der Waals surface area contributed by atoms with Gasteiger partial charge in [-0.05, 0) is 41.4 Å². The van der Waals surface area contributed by atoms with Gasteiger partial charge in [0.25, 0.3) is 11.5 Å². The molecule has 0 fully saturated rings. The van der Waals surface area contributed by atoms with Crippen LogP contribution in [-0.4, -0.2) is 22.8 Å². The van der Waals surface area contributed by atoms with Crippen LogP contribution in [-0.2, 0) is 6.54 Å². The molecule has 18 heavy (non-hydrogen) atoms. The molecule has 1 amide bonds. The van der Waals surface area contributed by atoms with Gasteiger partial charge in [0, 0.05) is 19.3 Å². The maximum Gasteiger partial charge on any atom is 0.260 e. The van der Waals surface area contributed by atoms with Gasteiger partial charge in [-0.2, -0.15) is 11.3 Å². The quantitative estimate of drug-likeness (QED) is 0.920. The van der Waals surface area contributed by atoms with Crippen molar-refractivity contribution >= 4 is 17.2 Å². The maximum absolute atomic E-state index is 12.1. The minimum atomic E-state index is -0.336. The van der Waals surface area contributed by atoms with Crippen molar-refractivity contribution in [2.45, 2.75) is 13.5 Å². The Hall–Kier alpha value is -1.88. The minimum absolute atomic E-state index is 0.179. The van der Waals surface area contributed by atoms with E-state index in [1.54, 1.807) is 42.3 Å². The van der Waals surface area contributed by atoms with Crippen molar-refractivity contribution < 1.29 is 4.79 Å². The normalized spacial score (nSPS) is 10.3. The first-order chi connectivity index (χ1) is 8.58. The lowest BCUT2D eigenvalue weighted by atomic mass is 10.2. The molecule has 2 rings (SSSR count). The van der Waals surface area contributed by atoms with E-state index in [0.717, 1.165) is 11.3 Å². The topological polar surface area (TPSA) is 53.2 Å². The van der Waals surface area contributed by atoms with Gasteiger partial charge in [-0.1, -0.05) is 0 Å². The average molecular weight is 262 g/mol. The van der Waals surface area contributed by atoms with Crippen molar-refractivity contribution in [2.24, 2.45) is 0 Å². The van der Waals surface area contributed by atoms with Gasteiger partial charge in [-0.15, -0.1) is 0 Å². The number of aromatic nitrogens is 1. The number of rotatable bonds is 3. The molecule has 2 aromatic heterocycles. The number of hydrogen-bond donors (Lipinski definition) is 1. The summed E-state index contributed by atoms with van der Waals surface area (Å²) in [5, 5.41) is 3.95. The highest BCUT2D eigenvalue weighted by molar-refractivity contribution is 7.07. The number of aryl methyl sites for hydroxylation is 1. The Morgan fingerprint density at radius 2 is 2.17 bits per heavy atom. The van der Waals surface area contributed by atoms with Crippen LogP contribution in [0.2, 0.25) is 0 Å². The van der Waals surface area contributed by atoms with Gasteiger partial charge in [-0.3, -0.25) is 9.59 Å². The number of H-pyrrole nitrogens is 1. The predicted molar refractivity (Wildman–Crippen MR) is 71.9 cm³/mol. The van der Waals surface area contributed by atoms with Crippen LogP contribution >= 0.6 is 11.3 Å². The first-order valence-corrected chi connectivity index (χ1v) is 6.48. The molecule has 1 N–H and O–H groups in total. The van der Waals surface area contributed by atoms with Crippen molar-refractivity contribution in [1.82, 2.24) is 9.88 Å². The Morgan fingerprint density at radius 3 is 2.78 bits per heavy atom. The zero-order valence-electron chi connectivity index (χ0n) is 10.3. The molecule has 0 atom stereocenters. The van der Waals surface area contributed by atoms with Crippen molar-refractivity contribution in [3.63, 3.8) is 0 Å². The lowest BCUT2D eigenvalue weighted by Crippen LogP contribution is -2.31. The summed E-state index contributed by atoms with van der Waals surface area (Å²) in [6, 6.07) is 5.27. The monoisotopic (exact) mass is 262 g/mol. The molecule has 0 saturated carbocycles. The lowest BCUT2D eigenvalue weighted by Gasteiger charge is -2.16. The molecule has 4 nitrogen and oxygen atoms in total. The fraction of sp³-hybridized carbons (Fsp3) is 0.231. The van der Waals surface area contributed by atoms with E-state index in [1.807, 2.05) is 16.8 Å². The molecular formula is C13H14N2O2S. The summed E-state index contributed by atoms with van der Waals surface area (Å²) in [6.07, 6.45) is 0. The molecule has 5 heteroatoms. The standard InChI is InChI=1S/C13H14N2O2S/c1-9-3-4-11(12(16)14-9)13(17)15(2)7-10-5-6-18-8-10/h3-6,8H,7H2,1-2H3,(H,14,16). The molecule has 0 spiro atoms. The number of carbonyl (C=O) groups excluding carboxylic acids is 1. The van der Waals surface area contributed by atoms with E-state index in [4.69, 9.17) is 0 Å². The van der Waals surface area contributed by atoms with Crippen molar-refractivity contribution in [1.29, 1.82) is 0 Å². The highest BCUT2D eigenvalue weighted by Gasteiger charge is 2.15. The van der Waals surface area contributed by atoms with Crippen LogP contribution in [0.3, 0.4) is 0 Å². The lowest BCUT2D eigenvalue weighted by molar-refractivity contribution is 0.0783. The maximum atomic E-state index is 12.1. The third kappa shape index (κ3) is 2.68. The van der Waals surface area contributed by atoms with Crippen LogP contribution in [0.1, 0.15) is 21.6 Å². The first kappa shape index (κ1) is 12.6. The average Bonchev–Trinajstić information content (AvgIpc) is 2.81. The zero-order chi connectivity index (χ0) is 13.1. The molecule has 94 valence electrons. The van der Waals surface area contributed by atoms with E-state index in [0.29, 0.717) is 6.54 Å². The van der Waals surface area contributed by atoms with Crippen molar-refractivity contribution in [2.75, 3.05) is 7.05 Å². The number of thiophene rings is 1. The molecule has 0 radical (unpaired) electrons. The van der Waals surface area contributed by atoms with Crippen molar-refractivity contribution in [3.8, 4) is 0 Å². The summed E-state index contributed by atoms with van der Waals surface area (Å²) in [7, 11) is 1.69. The number of amides is 1. The smallest absolute Gasteiger partial charge is 0.260 e. The highest BCUT2D eigenvalue weighted by Crippen LogP contribution is 2.10. The number of carbonyl (C=O) groups is 1. The highest BCUT2D eigenvalue weighted by atomic mass is 32.1. The van der Waals surface area contributed by atoms with Gasteiger partial charge < -0.3 is 9.88 Å². The van der Waals surface area contributed by atoms with Crippen LogP contribution in [0, 0.1) is 6.92 Å². The molecule has 0 aliphatic carbocycles. The molecule has 0 aromatic carbocycles. The van der Waals surface area contributed by atoms with E-state index in [1.165, 1.54) is 0 Å². The van der Waals surface area contributed by atoms with E-state index in [-0.39, 0.29) is 17.0 Å².